The van der Waals surface area contributed by atoms with E-state index in [0.29, 0.717) is 24.3 Å². The molecule has 2 aliphatic rings. The number of carbonyl (C=O) groups is 2. The molecule has 5 heteroatoms. The van der Waals surface area contributed by atoms with Crippen molar-refractivity contribution in [3.8, 4) is 0 Å². The van der Waals surface area contributed by atoms with Gasteiger partial charge in [0.05, 0.1) is 0 Å². The fourth-order valence-electron chi connectivity index (χ4n) is 3.97. The minimum Gasteiger partial charge on any atom is -0.339 e. The van der Waals surface area contributed by atoms with Gasteiger partial charge in [0.25, 0.3) is 5.91 Å². The van der Waals surface area contributed by atoms with Gasteiger partial charge in [0.1, 0.15) is 0 Å². The van der Waals surface area contributed by atoms with E-state index < -0.39 is 0 Å². The number of rotatable bonds is 5. The van der Waals surface area contributed by atoms with Crippen LogP contribution in [-0.2, 0) is 4.79 Å². The minimum atomic E-state index is 0.125. The van der Waals surface area contributed by atoms with Crippen LogP contribution in [0.5, 0.6) is 0 Å². The summed E-state index contributed by atoms with van der Waals surface area (Å²) in [7, 11) is 0. The third kappa shape index (κ3) is 3.77. The Balaban J connectivity index is 1.64. The molecule has 3 rings (SSSR count). The fraction of sp³-hybridized carbons (Fsp3) is 0.579. The lowest BCUT2D eigenvalue weighted by Crippen LogP contribution is -2.57. The molecule has 1 aromatic carbocycles. The molecule has 0 unspecified atom stereocenters. The summed E-state index contributed by atoms with van der Waals surface area (Å²) in [6, 6.07) is 9.84. The highest BCUT2D eigenvalue weighted by Crippen LogP contribution is 2.32. The second kappa shape index (κ2) is 8.06. The first-order valence-electron chi connectivity index (χ1n) is 8.83. The van der Waals surface area contributed by atoms with Crippen LogP contribution in [0.3, 0.4) is 0 Å². The first-order valence-corrected chi connectivity index (χ1v) is 10.2. The number of thioether (sulfide) groups is 1. The van der Waals surface area contributed by atoms with Gasteiger partial charge < -0.3 is 9.80 Å². The molecule has 0 radical (unpaired) electrons. The van der Waals surface area contributed by atoms with Crippen LogP contribution >= 0.6 is 11.8 Å². The Hall–Kier alpha value is -1.49. The molecule has 0 saturated carbocycles. The molecule has 0 bridgehead atoms. The smallest absolute Gasteiger partial charge is 0.253 e. The molecule has 2 amide bonds. The second-order valence-electron chi connectivity index (χ2n) is 6.71. The average Bonchev–Trinajstić information content (AvgIpc) is 2.63. The lowest BCUT2D eigenvalue weighted by molar-refractivity contribution is -0.140. The van der Waals surface area contributed by atoms with Crippen molar-refractivity contribution in [2.24, 2.45) is 5.92 Å². The monoisotopic (exact) mass is 346 g/mol. The number of hydrogen-bond donors (Lipinski definition) is 0. The standard InChI is InChI=1S/C19H26N2O2S/c1-24-13-5-11-21-17-10-12-20(14-16(17)8-9-18(21)22)19(23)15-6-3-2-4-7-15/h2-4,6-7,16-17H,5,8-14H2,1H3/t16-,17+/m0/s1. The summed E-state index contributed by atoms with van der Waals surface area (Å²) in [6.45, 7) is 2.40. The molecule has 2 fully saturated rings. The molecule has 130 valence electrons. The molecule has 4 nitrogen and oxygen atoms in total. The van der Waals surface area contributed by atoms with Crippen molar-refractivity contribution < 1.29 is 9.59 Å². The maximum Gasteiger partial charge on any atom is 0.253 e. The topological polar surface area (TPSA) is 40.6 Å². The zero-order valence-corrected chi connectivity index (χ0v) is 15.1. The Kier molecular flexibility index (Phi) is 5.82. The number of piperidine rings is 2. The van der Waals surface area contributed by atoms with Crippen LogP contribution < -0.4 is 0 Å². The van der Waals surface area contributed by atoms with Crippen LogP contribution in [0.2, 0.25) is 0 Å². The zero-order chi connectivity index (χ0) is 16.9. The van der Waals surface area contributed by atoms with Gasteiger partial charge in [-0.05, 0) is 49.3 Å². The van der Waals surface area contributed by atoms with Gasteiger partial charge in [-0.2, -0.15) is 11.8 Å². The highest BCUT2D eigenvalue weighted by Gasteiger charge is 2.40. The van der Waals surface area contributed by atoms with E-state index in [1.165, 1.54) is 0 Å². The van der Waals surface area contributed by atoms with E-state index in [2.05, 4.69) is 11.2 Å². The van der Waals surface area contributed by atoms with Crippen LogP contribution in [0.1, 0.15) is 36.0 Å². The third-order valence-electron chi connectivity index (χ3n) is 5.20. The predicted octanol–water partition coefficient (Wildman–Crippen LogP) is 2.89. The maximum atomic E-state index is 12.7. The largest absolute Gasteiger partial charge is 0.339 e. The second-order valence-corrected chi connectivity index (χ2v) is 7.69. The lowest BCUT2D eigenvalue weighted by Gasteiger charge is -2.47. The number of carbonyl (C=O) groups excluding carboxylic acids is 2. The van der Waals surface area contributed by atoms with Crippen molar-refractivity contribution in [3.63, 3.8) is 0 Å². The summed E-state index contributed by atoms with van der Waals surface area (Å²) in [5.74, 6) is 1.96. The molecule has 24 heavy (non-hydrogen) atoms. The summed E-state index contributed by atoms with van der Waals surface area (Å²) >= 11 is 1.83. The van der Waals surface area contributed by atoms with E-state index in [4.69, 9.17) is 0 Å². The third-order valence-corrected chi connectivity index (χ3v) is 5.90. The number of amides is 2. The molecular weight excluding hydrogens is 320 g/mol. The van der Waals surface area contributed by atoms with E-state index in [1.807, 2.05) is 47.0 Å². The van der Waals surface area contributed by atoms with Gasteiger partial charge in [0, 0.05) is 37.7 Å². The van der Waals surface area contributed by atoms with E-state index in [0.717, 1.165) is 50.2 Å². The summed E-state index contributed by atoms with van der Waals surface area (Å²) in [6.07, 6.45) is 5.63. The first kappa shape index (κ1) is 17.3. The average molecular weight is 346 g/mol. The molecule has 0 aliphatic carbocycles. The quantitative estimate of drug-likeness (QED) is 0.770. The molecule has 2 atom stereocenters. The molecule has 0 N–H and O–H groups in total. The lowest BCUT2D eigenvalue weighted by atomic mass is 9.83. The van der Waals surface area contributed by atoms with Gasteiger partial charge in [-0.1, -0.05) is 18.2 Å². The Morgan fingerprint density at radius 3 is 2.79 bits per heavy atom. The van der Waals surface area contributed by atoms with Crippen LogP contribution in [0.4, 0.5) is 0 Å². The van der Waals surface area contributed by atoms with Crippen molar-refractivity contribution >= 4 is 23.6 Å². The number of likely N-dealkylation sites (tertiary alicyclic amines) is 2. The fourth-order valence-corrected chi connectivity index (χ4v) is 4.39. The Labute approximate surface area is 148 Å². The Morgan fingerprint density at radius 1 is 1.25 bits per heavy atom. The minimum absolute atomic E-state index is 0.125. The van der Waals surface area contributed by atoms with Crippen molar-refractivity contribution in [1.82, 2.24) is 9.80 Å². The molecule has 2 heterocycles. The highest BCUT2D eigenvalue weighted by atomic mass is 32.2. The summed E-state index contributed by atoms with van der Waals surface area (Å²) in [5.41, 5.74) is 0.764. The molecule has 1 aromatic rings. The number of fused-ring (bicyclic) bond motifs is 1. The van der Waals surface area contributed by atoms with Crippen LogP contribution in [0, 0.1) is 5.92 Å². The zero-order valence-electron chi connectivity index (χ0n) is 14.3. The van der Waals surface area contributed by atoms with Crippen LogP contribution in [-0.4, -0.2) is 59.3 Å². The van der Waals surface area contributed by atoms with Crippen molar-refractivity contribution in [2.45, 2.75) is 31.7 Å². The van der Waals surface area contributed by atoms with Gasteiger partial charge in [-0.25, -0.2) is 0 Å². The van der Waals surface area contributed by atoms with Crippen molar-refractivity contribution in [1.29, 1.82) is 0 Å². The molecule has 0 aromatic heterocycles. The summed E-state index contributed by atoms with van der Waals surface area (Å²) < 4.78 is 0. The SMILES string of the molecule is CSCCCN1C(=O)CC[C@H]2CN(C(=O)c3ccccc3)CC[C@H]21. The number of nitrogens with zero attached hydrogens (tertiary/aromatic N) is 2. The molecular formula is C19H26N2O2S. The van der Waals surface area contributed by atoms with Crippen LogP contribution in [0.25, 0.3) is 0 Å². The number of hydrogen-bond acceptors (Lipinski definition) is 3. The van der Waals surface area contributed by atoms with Crippen molar-refractivity contribution in [3.05, 3.63) is 35.9 Å². The van der Waals surface area contributed by atoms with Gasteiger partial charge >= 0.3 is 0 Å². The number of benzene rings is 1. The normalized spacial score (nSPS) is 24.0. The summed E-state index contributed by atoms with van der Waals surface area (Å²) in [4.78, 5) is 29.1. The summed E-state index contributed by atoms with van der Waals surface area (Å²) in [5, 5.41) is 0. The van der Waals surface area contributed by atoms with Gasteiger partial charge in [-0.3, -0.25) is 9.59 Å². The molecule has 2 saturated heterocycles. The van der Waals surface area contributed by atoms with Crippen LogP contribution in [0.15, 0.2) is 30.3 Å². The molecule has 0 spiro atoms. The van der Waals surface area contributed by atoms with Gasteiger partial charge in [0.2, 0.25) is 5.91 Å². The molecule has 2 aliphatic heterocycles. The van der Waals surface area contributed by atoms with Gasteiger partial charge in [-0.15, -0.1) is 0 Å². The Bertz CT molecular complexity index is 578. The highest BCUT2D eigenvalue weighted by molar-refractivity contribution is 7.98. The first-order chi connectivity index (χ1) is 11.7. The van der Waals surface area contributed by atoms with Gasteiger partial charge in [0.15, 0.2) is 0 Å². The Morgan fingerprint density at radius 2 is 2.04 bits per heavy atom. The van der Waals surface area contributed by atoms with Crippen molar-refractivity contribution in [2.75, 3.05) is 31.6 Å². The van der Waals surface area contributed by atoms with E-state index >= 15 is 0 Å². The van der Waals surface area contributed by atoms with E-state index in [9.17, 15) is 9.59 Å². The maximum absolute atomic E-state index is 12.7. The van der Waals surface area contributed by atoms with E-state index in [-0.39, 0.29) is 5.91 Å². The predicted molar refractivity (Wildman–Crippen MR) is 98.2 cm³/mol. The van der Waals surface area contributed by atoms with E-state index in [1.54, 1.807) is 0 Å².